The van der Waals surface area contributed by atoms with Crippen LogP contribution in [0.15, 0.2) is 28.8 Å². The summed E-state index contributed by atoms with van der Waals surface area (Å²) in [6, 6.07) is 6.16. The predicted octanol–water partition coefficient (Wildman–Crippen LogP) is 3.07. The number of nitrogens with zero attached hydrogens (tertiary/aromatic N) is 1. The molecule has 0 amide bonds. The fourth-order valence-corrected chi connectivity index (χ4v) is 1.69. The SMILES string of the molecule is Cc1cc(CNCc2cc(F)ccc2Cl)no1. The van der Waals surface area contributed by atoms with Gasteiger partial charge >= 0.3 is 0 Å². The molecule has 0 radical (unpaired) electrons. The second kappa shape index (κ2) is 5.29. The molecule has 0 bridgehead atoms. The molecule has 0 fully saturated rings. The fraction of sp³-hybridized carbons (Fsp3) is 0.250. The van der Waals surface area contributed by atoms with Gasteiger partial charge < -0.3 is 9.84 Å². The normalized spacial score (nSPS) is 10.8. The smallest absolute Gasteiger partial charge is 0.133 e. The minimum absolute atomic E-state index is 0.288. The summed E-state index contributed by atoms with van der Waals surface area (Å²) in [6.07, 6.45) is 0. The molecule has 0 aliphatic heterocycles. The van der Waals surface area contributed by atoms with Gasteiger partial charge in [-0.15, -0.1) is 0 Å². The number of benzene rings is 1. The lowest BCUT2D eigenvalue weighted by molar-refractivity contribution is 0.388. The van der Waals surface area contributed by atoms with Crippen LogP contribution in [0, 0.1) is 12.7 Å². The van der Waals surface area contributed by atoms with E-state index in [1.165, 1.54) is 12.1 Å². The lowest BCUT2D eigenvalue weighted by atomic mass is 10.2. The third-order valence-electron chi connectivity index (χ3n) is 2.31. The summed E-state index contributed by atoms with van der Waals surface area (Å²) in [5.74, 6) is 0.481. The number of aryl methyl sites for hydroxylation is 1. The van der Waals surface area contributed by atoms with Crippen molar-refractivity contribution in [3.63, 3.8) is 0 Å². The summed E-state index contributed by atoms with van der Waals surface area (Å²) in [6.45, 7) is 2.88. The molecule has 17 heavy (non-hydrogen) atoms. The van der Waals surface area contributed by atoms with Crippen LogP contribution in [0.3, 0.4) is 0 Å². The number of rotatable bonds is 4. The molecule has 0 atom stereocenters. The van der Waals surface area contributed by atoms with Gasteiger partial charge in [0.15, 0.2) is 0 Å². The van der Waals surface area contributed by atoms with Gasteiger partial charge in [0.05, 0.1) is 5.69 Å². The minimum Gasteiger partial charge on any atom is -0.361 e. The van der Waals surface area contributed by atoms with Crippen molar-refractivity contribution in [1.29, 1.82) is 0 Å². The molecule has 0 unspecified atom stereocenters. The summed E-state index contributed by atoms with van der Waals surface area (Å²) in [4.78, 5) is 0. The van der Waals surface area contributed by atoms with Gasteiger partial charge in [0.25, 0.3) is 0 Å². The zero-order chi connectivity index (χ0) is 12.3. The van der Waals surface area contributed by atoms with E-state index in [4.69, 9.17) is 16.1 Å². The second-order valence-corrected chi connectivity index (χ2v) is 4.18. The number of hydrogen-bond donors (Lipinski definition) is 1. The van der Waals surface area contributed by atoms with E-state index in [9.17, 15) is 4.39 Å². The summed E-state index contributed by atoms with van der Waals surface area (Å²) in [7, 11) is 0. The standard InChI is InChI=1S/C12H12ClFN2O/c1-8-4-11(16-17-8)7-15-6-9-5-10(14)2-3-12(9)13/h2-5,15H,6-7H2,1H3. The zero-order valence-electron chi connectivity index (χ0n) is 9.34. The first kappa shape index (κ1) is 12.1. The fourth-order valence-electron chi connectivity index (χ4n) is 1.51. The Hall–Kier alpha value is -1.39. The van der Waals surface area contributed by atoms with E-state index in [1.807, 2.05) is 13.0 Å². The Balaban J connectivity index is 1.91. The third-order valence-corrected chi connectivity index (χ3v) is 2.67. The van der Waals surface area contributed by atoms with Crippen LogP contribution in [0.5, 0.6) is 0 Å². The molecule has 1 aromatic carbocycles. The van der Waals surface area contributed by atoms with Gasteiger partial charge in [-0.3, -0.25) is 0 Å². The van der Waals surface area contributed by atoms with Gasteiger partial charge in [-0.25, -0.2) is 4.39 Å². The molecule has 2 rings (SSSR count). The van der Waals surface area contributed by atoms with Crippen molar-refractivity contribution in [2.75, 3.05) is 0 Å². The predicted molar refractivity (Wildman–Crippen MR) is 63.2 cm³/mol. The van der Waals surface area contributed by atoms with Crippen LogP contribution in [-0.4, -0.2) is 5.16 Å². The number of nitrogens with one attached hydrogen (secondary N) is 1. The summed E-state index contributed by atoms with van der Waals surface area (Å²) in [5.41, 5.74) is 1.54. The van der Waals surface area contributed by atoms with Crippen molar-refractivity contribution in [2.45, 2.75) is 20.0 Å². The topological polar surface area (TPSA) is 38.1 Å². The Labute approximate surface area is 104 Å². The quantitative estimate of drug-likeness (QED) is 0.911. The second-order valence-electron chi connectivity index (χ2n) is 3.77. The molecule has 0 aliphatic rings. The monoisotopic (exact) mass is 254 g/mol. The average Bonchev–Trinajstić information content (AvgIpc) is 2.69. The van der Waals surface area contributed by atoms with Crippen molar-refractivity contribution < 1.29 is 8.91 Å². The highest BCUT2D eigenvalue weighted by Crippen LogP contribution is 2.16. The molecule has 0 spiro atoms. The molecule has 0 saturated carbocycles. The Morgan fingerprint density at radius 2 is 2.18 bits per heavy atom. The van der Waals surface area contributed by atoms with Gasteiger partial charge in [0, 0.05) is 24.2 Å². The lowest BCUT2D eigenvalue weighted by Gasteiger charge is -2.05. The van der Waals surface area contributed by atoms with Crippen molar-refractivity contribution >= 4 is 11.6 Å². The molecule has 5 heteroatoms. The summed E-state index contributed by atoms with van der Waals surface area (Å²) >= 11 is 5.94. The highest BCUT2D eigenvalue weighted by atomic mass is 35.5. The number of halogens is 2. The molecule has 1 heterocycles. The van der Waals surface area contributed by atoms with E-state index in [1.54, 1.807) is 6.07 Å². The molecule has 0 saturated heterocycles. The van der Waals surface area contributed by atoms with Gasteiger partial charge in [-0.1, -0.05) is 16.8 Å². The summed E-state index contributed by atoms with van der Waals surface area (Å²) in [5, 5.41) is 7.52. The Morgan fingerprint density at radius 1 is 1.35 bits per heavy atom. The first-order chi connectivity index (χ1) is 8.15. The average molecular weight is 255 g/mol. The van der Waals surface area contributed by atoms with E-state index >= 15 is 0 Å². The lowest BCUT2D eigenvalue weighted by Crippen LogP contribution is -2.13. The van der Waals surface area contributed by atoms with Crippen molar-refractivity contribution in [2.24, 2.45) is 0 Å². The Bertz CT molecular complexity index is 513. The largest absolute Gasteiger partial charge is 0.361 e. The first-order valence-corrected chi connectivity index (χ1v) is 5.60. The molecule has 1 aromatic heterocycles. The number of aromatic nitrogens is 1. The van der Waals surface area contributed by atoms with E-state index < -0.39 is 0 Å². The highest BCUT2D eigenvalue weighted by molar-refractivity contribution is 6.31. The number of hydrogen-bond acceptors (Lipinski definition) is 3. The van der Waals surface area contributed by atoms with Crippen molar-refractivity contribution in [1.82, 2.24) is 10.5 Å². The minimum atomic E-state index is -0.288. The van der Waals surface area contributed by atoms with E-state index in [0.717, 1.165) is 17.0 Å². The van der Waals surface area contributed by atoms with Crippen molar-refractivity contribution in [3.05, 3.63) is 52.1 Å². The maximum absolute atomic E-state index is 13.0. The van der Waals surface area contributed by atoms with Crippen LogP contribution in [0.1, 0.15) is 17.0 Å². The van der Waals surface area contributed by atoms with Crippen LogP contribution >= 0.6 is 11.6 Å². The summed E-state index contributed by atoms with van der Waals surface area (Å²) < 4.78 is 17.9. The van der Waals surface area contributed by atoms with Crippen LogP contribution in [0.2, 0.25) is 5.02 Å². The van der Waals surface area contributed by atoms with Gasteiger partial charge in [-0.2, -0.15) is 0 Å². The van der Waals surface area contributed by atoms with E-state index in [-0.39, 0.29) is 5.82 Å². The Morgan fingerprint density at radius 3 is 2.88 bits per heavy atom. The van der Waals surface area contributed by atoms with E-state index in [2.05, 4.69) is 10.5 Å². The molecular formula is C12H12ClFN2O. The molecule has 3 nitrogen and oxygen atoms in total. The maximum atomic E-state index is 13.0. The van der Waals surface area contributed by atoms with Crippen LogP contribution in [0.25, 0.3) is 0 Å². The Kier molecular flexibility index (Phi) is 3.76. The van der Waals surface area contributed by atoms with Gasteiger partial charge in [0.2, 0.25) is 0 Å². The molecule has 1 N–H and O–H groups in total. The van der Waals surface area contributed by atoms with Crippen LogP contribution in [-0.2, 0) is 13.1 Å². The highest BCUT2D eigenvalue weighted by Gasteiger charge is 2.03. The molecule has 2 aromatic rings. The molecule has 0 aliphatic carbocycles. The van der Waals surface area contributed by atoms with Crippen LogP contribution < -0.4 is 5.32 Å². The zero-order valence-corrected chi connectivity index (χ0v) is 10.1. The van der Waals surface area contributed by atoms with Crippen LogP contribution in [0.4, 0.5) is 4.39 Å². The van der Waals surface area contributed by atoms with Crippen molar-refractivity contribution in [3.8, 4) is 0 Å². The van der Waals surface area contributed by atoms with E-state index in [0.29, 0.717) is 18.1 Å². The third kappa shape index (κ3) is 3.28. The van der Waals surface area contributed by atoms with Gasteiger partial charge in [0.1, 0.15) is 11.6 Å². The van der Waals surface area contributed by atoms with Gasteiger partial charge in [-0.05, 0) is 30.7 Å². The maximum Gasteiger partial charge on any atom is 0.133 e. The first-order valence-electron chi connectivity index (χ1n) is 5.22. The molecular weight excluding hydrogens is 243 g/mol. The molecule has 90 valence electrons.